The van der Waals surface area contributed by atoms with Crippen molar-refractivity contribution in [2.45, 2.75) is 71.3 Å². The van der Waals surface area contributed by atoms with Gasteiger partial charge in [0.2, 0.25) is 0 Å². The summed E-state index contributed by atoms with van der Waals surface area (Å²) in [5.41, 5.74) is 2.81. The molecule has 0 saturated carbocycles. The number of hydrogen-bond donors (Lipinski definition) is 0. The van der Waals surface area contributed by atoms with Crippen LogP contribution in [0.3, 0.4) is 0 Å². The quantitative estimate of drug-likeness (QED) is 0.383. The van der Waals surface area contributed by atoms with Crippen molar-refractivity contribution < 1.29 is 25.9 Å². The Balaban J connectivity index is 1.81. The van der Waals surface area contributed by atoms with E-state index < -0.39 is 8.07 Å². The number of rotatable bonds is 9. The molecular formula is C24H36IOSi-. The van der Waals surface area contributed by atoms with Gasteiger partial charge in [-0.2, -0.15) is 0 Å². The van der Waals surface area contributed by atoms with E-state index in [4.69, 9.17) is 4.74 Å². The second kappa shape index (κ2) is 10.2. The normalized spacial score (nSPS) is 12.5. The summed E-state index contributed by atoms with van der Waals surface area (Å²) < 4.78 is 8.82. The van der Waals surface area contributed by atoms with E-state index in [9.17, 15) is 0 Å². The molecule has 2 aromatic carbocycles. The topological polar surface area (TPSA) is 9.23 Å². The van der Waals surface area contributed by atoms with Crippen molar-refractivity contribution in [2.24, 2.45) is 0 Å². The van der Waals surface area contributed by atoms with Crippen LogP contribution in [0, 0.1) is 7.14 Å². The van der Waals surface area contributed by atoms with Gasteiger partial charge in [0.25, 0.3) is 0 Å². The van der Waals surface area contributed by atoms with Crippen LogP contribution in [0.5, 0.6) is 0 Å². The molecule has 0 bridgehead atoms. The Morgan fingerprint density at radius 1 is 0.778 bits per heavy atom. The van der Waals surface area contributed by atoms with E-state index >= 15 is 0 Å². The first kappa shape index (κ1) is 22.6. The predicted molar refractivity (Wildman–Crippen MR) is 116 cm³/mol. The number of benzene rings is 2. The predicted octanol–water partition coefficient (Wildman–Crippen LogP) is 3.44. The average molecular weight is 496 g/mol. The molecular weight excluding hydrogens is 459 g/mol. The molecule has 0 amide bonds. The van der Waals surface area contributed by atoms with Crippen LogP contribution in [-0.2, 0) is 17.6 Å². The zero-order chi connectivity index (χ0) is 19.9. The summed E-state index contributed by atoms with van der Waals surface area (Å²) >= 11 is -0.0863. The molecule has 0 aliphatic heterocycles. The molecule has 2 rings (SSSR count). The maximum absolute atomic E-state index is 5.83. The van der Waals surface area contributed by atoms with Crippen LogP contribution in [-0.4, -0.2) is 20.3 Å². The summed E-state index contributed by atoms with van der Waals surface area (Å²) in [6.45, 7) is 14.5. The molecule has 0 fully saturated rings. The summed E-state index contributed by atoms with van der Waals surface area (Å²) in [5.74, 6) is 0. The van der Waals surface area contributed by atoms with Gasteiger partial charge in [0.15, 0.2) is 0 Å². The summed E-state index contributed by atoms with van der Waals surface area (Å²) in [6, 6.07) is 20.0. The van der Waals surface area contributed by atoms with Crippen molar-refractivity contribution in [3.05, 3.63) is 66.8 Å². The number of ether oxygens (including phenoxy) is 1. The molecule has 0 saturated heterocycles. The minimum atomic E-state index is -0.898. The molecule has 0 spiro atoms. The summed E-state index contributed by atoms with van der Waals surface area (Å²) in [7, 11) is -0.898. The van der Waals surface area contributed by atoms with Gasteiger partial charge in [-0.05, 0) is 0 Å². The fourth-order valence-corrected chi connectivity index (χ4v) is 6.25. The van der Waals surface area contributed by atoms with Crippen LogP contribution < -0.4 is 21.2 Å². The Hall–Kier alpha value is -0.653. The molecule has 3 heteroatoms. The molecule has 0 heterocycles. The van der Waals surface area contributed by atoms with E-state index in [2.05, 4.69) is 88.9 Å². The van der Waals surface area contributed by atoms with E-state index in [-0.39, 0.29) is 26.8 Å². The van der Waals surface area contributed by atoms with E-state index in [0.29, 0.717) is 0 Å². The van der Waals surface area contributed by atoms with E-state index in [0.717, 1.165) is 13.0 Å². The summed E-state index contributed by atoms with van der Waals surface area (Å²) in [5, 5.41) is 0. The van der Waals surface area contributed by atoms with Gasteiger partial charge in [0.1, 0.15) is 0 Å². The second-order valence-electron chi connectivity index (χ2n) is 9.47. The first-order chi connectivity index (χ1) is 12.6. The molecule has 150 valence electrons. The second-order valence-corrected chi connectivity index (χ2v) is 18.1. The Bertz CT molecular complexity index is 617. The number of halogens is 1. The van der Waals surface area contributed by atoms with Crippen LogP contribution in [0.25, 0.3) is 0 Å². The Morgan fingerprint density at radius 2 is 1.26 bits per heavy atom. The molecule has 27 heavy (non-hydrogen) atoms. The van der Waals surface area contributed by atoms with Crippen molar-refractivity contribution in [1.82, 2.24) is 0 Å². The van der Waals surface area contributed by atoms with Crippen molar-refractivity contribution >= 4 is 8.07 Å². The molecule has 0 atom stereocenters. The Kier molecular flexibility index (Phi) is 8.57. The van der Waals surface area contributed by atoms with Crippen molar-refractivity contribution in [3.63, 3.8) is 0 Å². The Morgan fingerprint density at radius 3 is 1.70 bits per heavy atom. The third kappa shape index (κ3) is 9.91. The van der Waals surface area contributed by atoms with Crippen LogP contribution in [0.15, 0.2) is 48.5 Å². The molecule has 0 aromatic heterocycles. The van der Waals surface area contributed by atoms with Crippen molar-refractivity contribution in [2.75, 3.05) is 6.61 Å². The van der Waals surface area contributed by atoms with Gasteiger partial charge >= 0.3 is 179 Å². The first-order valence-corrected chi connectivity index (χ1v) is 15.9. The third-order valence-electron chi connectivity index (χ3n) is 4.36. The molecule has 1 nitrogen and oxygen atoms in total. The summed E-state index contributed by atoms with van der Waals surface area (Å²) in [6.07, 6.45) is 3.56. The average Bonchev–Trinajstić information content (AvgIpc) is 2.56. The van der Waals surface area contributed by atoms with Crippen molar-refractivity contribution in [1.29, 1.82) is 0 Å². The fraction of sp³-hybridized carbons (Fsp3) is 0.500. The third-order valence-corrected chi connectivity index (χ3v) is 8.90. The Labute approximate surface area is 178 Å². The van der Waals surface area contributed by atoms with E-state index in [1.54, 1.807) is 0 Å². The van der Waals surface area contributed by atoms with Gasteiger partial charge in [0.05, 0.1) is 0 Å². The molecule has 0 unspecified atom stereocenters. The number of aryl methyl sites for hydroxylation is 1. The van der Waals surface area contributed by atoms with Gasteiger partial charge in [-0.25, -0.2) is 0 Å². The minimum absolute atomic E-state index is 0.0493. The standard InChI is InChI=1S/C24H36IOSi/c1-24(2,3)26-18-17-21-11-15-23(16-12-21)25-22-13-9-20(10-14-22)8-7-19-27(4,5)6/h9-16H,7-8,17-19H2,1-6H3/q-1. The van der Waals surface area contributed by atoms with Gasteiger partial charge in [-0.15, -0.1) is 0 Å². The molecule has 0 aliphatic rings. The zero-order valence-corrected chi connectivity index (χ0v) is 21.1. The molecule has 2 aromatic rings. The van der Waals surface area contributed by atoms with E-state index in [1.807, 2.05) is 0 Å². The van der Waals surface area contributed by atoms with E-state index in [1.165, 1.54) is 37.2 Å². The maximum atomic E-state index is 5.83. The summed E-state index contributed by atoms with van der Waals surface area (Å²) in [4.78, 5) is 0. The van der Waals surface area contributed by atoms with Gasteiger partial charge in [-0.1, -0.05) is 0 Å². The van der Waals surface area contributed by atoms with Crippen LogP contribution in [0.2, 0.25) is 25.7 Å². The van der Waals surface area contributed by atoms with Gasteiger partial charge in [0, 0.05) is 0 Å². The molecule has 0 aliphatic carbocycles. The van der Waals surface area contributed by atoms with Crippen LogP contribution in [0.4, 0.5) is 0 Å². The zero-order valence-electron chi connectivity index (χ0n) is 17.9. The first-order valence-electron chi connectivity index (χ1n) is 10.1. The fourth-order valence-electron chi connectivity index (χ4n) is 2.85. The SMILES string of the molecule is CC(C)(C)OCCc1ccc([I-]c2ccc(CCC[Si](C)(C)C)cc2)cc1. The van der Waals surface area contributed by atoms with Crippen LogP contribution >= 0.6 is 0 Å². The van der Waals surface area contributed by atoms with Gasteiger partial charge < -0.3 is 0 Å². The number of hydrogen-bond acceptors (Lipinski definition) is 1. The monoisotopic (exact) mass is 495 g/mol. The molecule has 0 N–H and O–H groups in total. The van der Waals surface area contributed by atoms with Gasteiger partial charge in [-0.3, -0.25) is 0 Å². The van der Waals surface area contributed by atoms with Crippen LogP contribution in [0.1, 0.15) is 38.3 Å². The van der Waals surface area contributed by atoms with Crippen molar-refractivity contribution in [3.8, 4) is 0 Å². The molecule has 0 radical (unpaired) electrons.